The lowest BCUT2D eigenvalue weighted by Crippen LogP contribution is -2.47. The van der Waals surface area contributed by atoms with E-state index in [-0.39, 0.29) is 0 Å². The average Bonchev–Trinajstić information content (AvgIpc) is 2.22. The zero-order valence-electron chi connectivity index (χ0n) is 12.2. The van der Waals surface area contributed by atoms with Crippen LogP contribution in [0.4, 0.5) is 0 Å². The lowest BCUT2D eigenvalue weighted by molar-refractivity contribution is 0.599. The van der Waals surface area contributed by atoms with Gasteiger partial charge in [0.25, 0.3) is 0 Å². The van der Waals surface area contributed by atoms with Crippen LogP contribution in [0.3, 0.4) is 0 Å². The summed E-state index contributed by atoms with van der Waals surface area (Å²) in [5, 5.41) is 0. The third-order valence-electron chi connectivity index (χ3n) is 3.00. The van der Waals surface area contributed by atoms with Gasteiger partial charge >= 0.3 is 13.0 Å². The molecule has 0 saturated heterocycles. The molecule has 8 nitrogen and oxygen atoms in total. The normalized spacial score (nSPS) is 21.3. The van der Waals surface area contributed by atoms with Crippen LogP contribution in [0, 0.1) is 0 Å². The molecule has 0 amide bonds. The van der Waals surface area contributed by atoms with Crippen molar-refractivity contribution < 1.29 is 33.7 Å². The second-order valence-electron chi connectivity index (χ2n) is 5.20. The lowest BCUT2D eigenvalue weighted by atomic mass is 10.5. The first-order valence-electron chi connectivity index (χ1n) is 5.67. The minimum absolute atomic E-state index is 0.504. The van der Waals surface area contributed by atoms with E-state index in [4.69, 9.17) is 0 Å². The van der Waals surface area contributed by atoms with Gasteiger partial charge in [0.2, 0.25) is 0 Å². The molecule has 1 unspecified atom stereocenters. The molecule has 1 atom stereocenters. The van der Waals surface area contributed by atoms with E-state index in [1.165, 1.54) is 0 Å². The standard InChI is InChI=1S/C8H12O6S3.CH3O2S.Al/c1-15(9,10)6-4-8(17(3,13)14)5-7-16(2,11)12;1-4(2)3;/h4-6H,1-3H3;1H3;. The molecule has 0 radical (unpaired) electrons. The van der Waals surface area contributed by atoms with Crippen LogP contribution in [0.2, 0.25) is 0 Å². The summed E-state index contributed by atoms with van der Waals surface area (Å²) in [7, 11) is -16.0. The fraction of sp³-hybridized carbons (Fsp3) is 0.556. The van der Waals surface area contributed by atoms with Gasteiger partial charge in [-0.25, -0.2) is 25.3 Å². The van der Waals surface area contributed by atoms with Crippen LogP contribution in [-0.4, -0.2) is 75.8 Å². The van der Waals surface area contributed by atoms with Crippen molar-refractivity contribution in [2.75, 3.05) is 25.0 Å². The van der Waals surface area contributed by atoms with Crippen LogP contribution in [0.1, 0.15) is 0 Å². The van der Waals surface area contributed by atoms with Gasteiger partial charge < -0.3 is 0 Å². The van der Waals surface area contributed by atoms with Crippen LogP contribution in [0.15, 0.2) is 20.8 Å². The maximum atomic E-state index is 12.0. The van der Waals surface area contributed by atoms with Crippen molar-refractivity contribution in [2.24, 2.45) is 0 Å². The van der Waals surface area contributed by atoms with Crippen LogP contribution >= 0.6 is 0 Å². The van der Waals surface area contributed by atoms with Crippen LogP contribution in [0.25, 0.3) is 0 Å². The molecule has 0 N–H and O–H groups in total. The first-order valence-corrected chi connectivity index (χ1v) is 16.0. The van der Waals surface area contributed by atoms with E-state index < -0.39 is 63.5 Å². The molecule has 1 aliphatic heterocycles. The molecule has 1 heterocycles. The summed E-state index contributed by atoms with van der Waals surface area (Å²) in [6.07, 6.45) is 4.64. The predicted octanol–water partition coefficient (Wildman–Crippen LogP) is -1.62. The zero-order chi connectivity index (χ0) is 17.7. The van der Waals surface area contributed by atoms with Crippen molar-refractivity contribution in [1.82, 2.24) is 0 Å². The Morgan fingerprint density at radius 2 is 1.27 bits per heavy atom. The zero-order valence-corrected chi connectivity index (χ0v) is 16.6. The van der Waals surface area contributed by atoms with E-state index >= 15 is 0 Å². The van der Waals surface area contributed by atoms with E-state index in [2.05, 4.69) is 0 Å². The van der Waals surface area contributed by atoms with Crippen LogP contribution < -0.4 is 0 Å². The van der Waals surface area contributed by atoms with Crippen molar-refractivity contribution in [3.8, 4) is 0 Å². The molecule has 0 saturated carbocycles. The van der Waals surface area contributed by atoms with Crippen LogP contribution in [-0.2, 0) is 37.7 Å². The van der Waals surface area contributed by atoms with Gasteiger partial charge in [-0.1, -0.05) is 6.08 Å². The third kappa shape index (κ3) is 4.42. The Morgan fingerprint density at radius 1 is 0.818 bits per heavy atom. The molecule has 0 aromatic carbocycles. The lowest BCUT2D eigenvalue weighted by Gasteiger charge is -2.23. The molecule has 0 spiro atoms. The van der Waals surface area contributed by atoms with Crippen molar-refractivity contribution >= 4 is 50.7 Å². The molecule has 13 heteroatoms. The van der Waals surface area contributed by atoms with Gasteiger partial charge in [-0.3, -0.25) is 8.42 Å². The van der Waals surface area contributed by atoms with Crippen molar-refractivity contribution in [2.45, 2.75) is 4.11 Å². The summed E-state index contributed by atoms with van der Waals surface area (Å²) >= 11 is -3.59. The number of allylic oxidation sites excluding steroid dienone is 1. The second-order valence-corrected chi connectivity index (χ2v) is 20.3. The molecular weight excluding hydrogens is 391 g/mol. The Kier molecular flexibility index (Phi) is 5.16. The number of hydrogen-bond donors (Lipinski definition) is 0. The molecular formula is C9H15AlO8S4. The highest BCUT2D eigenvalue weighted by atomic mass is 32.4. The van der Waals surface area contributed by atoms with Gasteiger partial charge in [-0.05, 0) is 6.08 Å². The Balaban J connectivity index is 3.92. The monoisotopic (exact) mass is 406 g/mol. The quantitative estimate of drug-likeness (QED) is 0.508. The molecule has 0 aromatic heterocycles. The van der Waals surface area contributed by atoms with Gasteiger partial charge in [0, 0.05) is 28.8 Å². The summed E-state index contributed by atoms with van der Waals surface area (Å²) in [5.74, 6) is 0. The number of rotatable bonds is 4. The molecule has 0 fully saturated rings. The van der Waals surface area contributed by atoms with Gasteiger partial charge in [-0.2, -0.15) is 0 Å². The average molecular weight is 406 g/mol. The SMILES string of the molecule is CS(=O)(=O)C1=C[CH](S(C)(=O)=O)[Al]([S](C)(=O)=O)[C](S(C)(=O)=O)=C1. The fourth-order valence-electron chi connectivity index (χ4n) is 2.03. The second kappa shape index (κ2) is 5.71. The van der Waals surface area contributed by atoms with Crippen LogP contribution in [0.5, 0.6) is 0 Å². The Bertz CT molecular complexity index is 964. The first-order chi connectivity index (χ1) is 9.45. The maximum Gasteiger partial charge on any atom is 0.528 e. The third-order valence-corrected chi connectivity index (χ3v) is 18.4. The molecule has 1 aliphatic rings. The van der Waals surface area contributed by atoms with Gasteiger partial charge in [0.05, 0.1) is 17.2 Å². The van der Waals surface area contributed by atoms with E-state index in [0.717, 1.165) is 37.2 Å². The van der Waals surface area contributed by atoms with E-state index in [9.17, 15) is 33.7 Å². The first kappa shape index (κ1) is 19.9. The summed E-state index contributed by atoms with van der Waals surface area (Å²) in [6, 6.07) is 0. The van der Waals surface area contributed by atoms with Gasteiger partial charge in [-0.15, -0.1) is 0 Å². The largest absolute Gasteiger partial charge is 0.528 e. The van der Waals surface area contributed by atoms with E-state index in [1.807, 2.05) is 0 Å². The Hall–Kier alpha value is -0.188. The summed E-state index contributed by atoms with van der Waals surface area (Å²) in [4.78, 5) is -0.504. The fourth-order valence-corrected chi connectivity index (χ4v) is 20.5. The van der Waals surface area contributed by atoms with Gasteiger partial charge in [0.1, 0.15) is 9.84 Å². The summed E-state index contributed by atoms with van der Waals surface area (Å²) < 4.78 is 92.5. The summed E-state index contributed by atoms with van der Waals surface area (Å²) in [6.45, 7) is 0. The van der Waals surface area contributed by atoms with Crippen molar-refractivity contribution in [3.05, 3.63) is 20.8 Å². The number of hydrogen-bond acceptors (Lipinski definition) is 8. The van der Waals surface area contributed by atoms with Crippen molar-refractivity contribution in [3.63, 3.8) is 0 Å². The molecule has 126 valence electrons. The van der Waals surface area contributed by atoms with E-state index in [0.29, 0.717) is 0 Å². The molecule has 0 aromatic rings. The minimum atomic E-state index is -4.07. The molecule has 0 aliphatic carbocycles. The smallest absolute Gasteiger partial charge is 0.252 e. The predicted molar refractivity (Wildman–Crippen MR) is 85.1 cm³/mol. The molecule has 0 bridgehead atoms. The topological polar surface area (TPSA) is 137 Å². The number of sulfone groups is 3. The van der Waals surface area contributed by atoms with Crippen molar-refractivity contribution in [1.29, 1.82) is 0 Å². The Labute approximate surface area is 134 Å². The molecule has 1 rings (SSSR count). The highest BCUT2D eigenvalue weighted by molar-refractivity contribution is 8.23. The highest BCUT2D eigenvalue weighted by Crippen LogP contribution is 2.30. The van der Waals surface area contributed by atoms with Gasteiger partial charge in [0.15, 0.2) is 19.7 Å². The highest BCUT2D eigenvalue weighted by Gasteiger charge is 2.53. The summed E-state index contributed by atoms with van der Waals surface area (Å²) in [5.41, 5.74) is 0. The Morgan fingerprint density at radius 3 is 1.55 bits per heavy atom. The molecule has 22 heavy (non-hydrogen) atoms. The van der Waals surface area contributed by atoms with E-state index in [1.54, 1.807) is 0 Å². The maximum absolute atomic E-state index is 12.0. The minimum Gasteiger partial charge on any atom is -0.252 e.